The van der Waals surface area contributed by atoms with Crippen LogP contribution in [0.3, 0.4) is 0 Å². The van der Waals surface area contributed by atoms with E-state index in [1.54, 1.807) is 12.3 Å². The van der Waals surface area contributed by atoms with Crippen LogP contribution >= 0.6 is 0 Å². The summed E-state index contributed by atoms with van der Waals surface area (Å²) >= 11 is 0. The number of carbonyl (C=O) groups is 1. The first-order valence-electron chi connectivity index (χ1n) is 5.33. The normalized spacial score (nSPS) is 18.5. The Hall–Kier alpha value is -1.32. The highest BCUT2D eigenvalue weighted by molar-refractivity contribution is 5.73. The van der Waals surface area contributed by atoms with Crippen molar-refractivity contribution in [2.45, 2.75) is 32.2 Å². The summed E-state index contributed by atoms with van der Waals surface area (Å²) in [7, 11) is 0. The molecule has 2 N–H and O–H groups in total. The Balaban J connectivity index is 2.40. The molecule has 0 heterocycles. The Labute approximate surface area is 90.2 Å². The van der Waals surface area contributed by atoms with Crippen molar-refractivity contribution in [1.29, 1.82) is 0 Å². The van der Waals surface area contributed by atoms with Crippen LogP contribution in [0.1, 0.15) is 26.2 Å². The van der Waals surface area contributed by atoms with Gasteiger partial charge in [-0.05, 0) is 38.0 Å². The Morgan fingerprint density at radius 2 is 2.40 bits per heavy atom. The summed E-state index contributed by atoms with van der Waals surface area (Å²) in [6, 6.07) is 0.0697. The van der Waals surface area contributed by atoms with Crippen molar-refractivity contribution in [2.24, 2.45) is 16.6 Å². The minimum Gasteiger partial charge on any atom is -0.466 e. The summed E-state index contributed by atoms with van der Waals surface area (Å²) < 4.78 is 4.90. The molecule has 0 spiro atoms. The Morgan fingerprint density at radius 1 is 1.67 bits per heavy atom. The van der Waals surface area contributed by atoms with Crippen molar-refractivity contribution in [1.82, 2.24) is 0 Å². The molecule has 1 fully saturated rings. The van der Waals surface area contributed by atoms with E-state index in [9.17, 15) is 4.79 Å². The largest absolute Gasteiger partial charge is 0.466 e. The minimum absolute atomic E-state index is 0.0697. The first-order chi connectivity index (χ1) is 7.27. The number of carbonyl (C=O) groups excluding carboxylic acids is 1. The van der Waals surface area contributed by atoms with Gasteiger partial charge in [-0.15, -0.1) is 0 Å². The maximum absolute atomic E-state index is 11.3. The highest BCUT2D eigenvalue weighted by Crippen LogP contribution is 2.35. The van der Waals surface area contributed by atoms with Crippen LogP contribution in [0.2, 0.25) is 0 Å². The lowest BCUT2D eigenvalue weighted by atomic mass is 10.1. The molecule has 1 rings (SSSR count). The van der Waals surface area contributed by atoms with Crippen LogP contribution in [0.25, 0.3) is 0 Å². The van der Waals surface area contributed by atoms with E-state index in [0.29, 0.717) is 18.9 Å². The molecule has 1 aliphatic carbocycles. The zero-order valence-electron chi connectivity index (χ0n) is 9.06. The Morgan fingerprint density at radius 3 is 2.93 bits per heavy atom. The predicted octanol–water partition coefficient (Wildman–Crippen LogP) is 1.26. The topological polar surface area (TPSA) is 64.7 Å². The van der Waals surface area contributed by atoms with Crippen molar-refractivity contribution in [3.8, 4) is 0 Å². The first kappa shape index (κ1) is 11.8. The van der Waals surface area contributed by atoms with Crippen molar-refractivity contribution < 1.29 is 9.53 Å². The minimum atomic E-state index is -0.164. The fourth-order valence-corrected chi connectivity index (χ4v) is 1.42. The summed E-state index contributed by atoms with van der Waals surface area (Å²) in [5.74, 6) is 0.389. The lowest BCUT2D eigenvalue weighted by Gasteiger charge is -2.09. The van der Waals surface area contributed by atoms with Gasteiger partial charge in [0, 0.05) is 6.21 Å². The number of rotatable bonds is 6. The summed E-state index contributed by atoms with van der Waals surface area (Å²) in [6.45, 7) is 2.24. The standard InChI is InChI=1S/C11H18N2O2/c1-2-15-11(14)8-10(9-4-5-9)13-7-3-6-12/h3,6-7,9-10H,2,4-5,8,12H2,1H3/b6-3-,13-7?. The third kappa shape index (κ3) is 4.63. The molecule has 0 aromatic carbocycles. The summed E-state index contributed by atoms with van der Waals surface area (Å²) in [6.07, 6.45) is 7.45. The van der Waals surface area contributed by atoms with Crippen molar-refractivity contribution in [3.05, 3.63) is 12.3 Å². The van der Waals surface area contributed by atoms with Gasteiger partial charge in [0.2, 0.25) is 0 Å². The zero-order valence-corrected chi connectivity index (χ0v) is 9.06. The SMILES string of the molecule is CCOC(=O)CC(N=C/C=C\N)C1CC1. The van der Waals surface area contributed by atoms with Crippen molar-refractivity contribution in [2.75, 3.05) is 6.61 Å². The first-order valence-corrected chi connectivity index (χ1v) is 5.33. The molecule has 0 amide bonds. The average molecular weight is 210 g/mol. The van der Waals surface area contributed by atoms with E-state index in [0.717, 1.165) is 12.8 Å². The summed E-state index contributed by atoms with van der Waals surface area (Å²) in [5.41, 5.74) is 5.19. The second-order valence-corrected chi connectivity index (χ2v) is 3.60. The molecule has 0 aliphatic heterocycles. The lowest BCUT2D eigenvalue weighted by Crippen LogP contribution is -2.16. The quantitative estimate of drug-likeness (QED) is 0.530. The van der Waals surface area contributed by atoms with Crippen LogP contribution < -0.4 is 5.73 Å². The summed E-state index contributed by atoms with van der Waals surface area (Å²) in [5, 5.41) is 0. The van der Waals surface area contributed by atoms with Crippen molar-refractivity contribution >= 4 is 12.2 Å². The van der Waals surface area contributed by atoms with Gasteiger partial charge in [-0.25, -0.2) is 0 Å². The molecule has 0 bridgehead atoms. The van der Waals surface area contributed by atoms with E-state index < -0.39 is 0 Å². The number of aliphatic imine (C=N–C) groups is 1. The number of esters is 1. The number of ether oxygens (including phenoxy) is 1. The molecule has 0 aromatic heterocycles. The molecule has 4 nitrogen and oxygen atoms in total. The fourth-order valence-electron chi connectivity index (χ4n) is 1.42. The molecule has 1 unspecified atom stereocenters. The molecule has 1 atom stereocenters. The third-order valence-corrected chi connectivity index (χ3v) is 2.32. The van der Waals surface area contributed by atoms with Gasteiger partial charge in [0.1, 0.15) is 0 Å². The van der Waals surface area contributed by atoms with Crippen molar-refractivity contribution in [3.63, 3.8) is 0 Å². The van der Waals surface area contributed by atoms with Gasteiger partial charge in [0.15, 0.2) is 0 Å². The maximum atomic E-state index is 11.3. The van der Waals surface area contributed by atoms with E-state index >= 15 is 0 Å². The summed E-state index contributed by atoms with van der Waals surface area (Å²) in [4.78, 5) is 15.6. The van der Waals surface area contributed by atoms with Gasteiger partial charge in [0.25, 0.3) is 0 Å². The molecule has 1 saturated carbocycles. The van der Waals surface area contributed by atoms with Crippen LogP contribution in [-0.4, -0.2) is 24.8 Å². The van der Waals surface area contributed by atoms with Gasteiger partial charge in [-0.3, -0.25) is 9.79 Å². The smallest absolute Gasteiger partial charge is 0.307 e. The second-order valence-electron chi connectivity index (χ2n) is 3.60. The van der Waals surface area contributed by atoms with Crippen LogP contribution in [-0.2, 0) is 9.53 Å². The van der Waals surface area contributed by atoms with Crippen LogP contribution in [0.4, 0.5) is 0 Å². The molecule has 0 aromatic rings. The van der Waals surface area contributed by atoms with Gasteiger partial charge < -0.3 is 10.5 Å². The maximum Gasteiger partial charge on any atom is 0.307 e. The van der Waals surface area contributed by atoms with Crippen LogP contribution in [0.5, 0.6) is 0 Å². The highest BCUT2D eigenvalue weighted by Gasteiger charge is 2.32. The van der Waals surface area contributed by atoms with E-state index in [2.05, 4.69) is 4.99 Å². The number of nitrogens with two attached hydrogens (primary N) is 1. The Bertz CT molecular complexity index is 257. The molecule has 0 radical (unpaired) electrons. The molecular weight excluding hydrogens is 192 g/mol. The molecule has 15 heavy (non-hydrogen) atoms. The molecule has 84 valence electrons. The third-order valence-electron chi connectivity index (χ3n) is 2.32. The van der Waals surface area contributed by atoms with Gasteiger partial charge in [-0.2, -0.15) is 0 Å². The zero-order chi connectivity index (χ0) is 11.1. The molecular formula is C11H18N2O2. The van der Waals surface area contributed by atoms with E-state index in [1.165, 1.54) is 6.20 Å². The van der Waals surface area contributed by atoms with Gasteiger partial charge >= 0.3 is 5.97 Å². The van der Waals surface area contributed by atoms with E-state index in [-0.39, 0.29) is 12.0 Å². The number of nitrogens with zero attached hydrogens (tertiary/aromatic N) is 1. The fraction of sp³-hybridized carbons (Fsp3) is 0.636. The van der Waals surface area contributed by atoms with Gasteiger partial charge in [-0.1, -0.05) is 0 Å². The highest BCUT2D eigenvalue weighted by atomic mass is 16.5. The Kier molecular flexibility index (Phi) is 4.87. The van der Waals surface area contributed by atoms with Gasteiger partial charge in [0.05, 0.1) is 19.1 Å². The average Bonchev–Trinajstić information content (AvgIpc) is 3.00. The van der Waals surface area contributed by atoms with E-state index in [1.807, 2.05) is 6.92 Å². The molecule has 4 heteroatoms. The number of hydrogen-bond donors (Lipinski definition) is 1. The lowest BCUT2D eigenvalue weighted by molar-refractivity contribution is -0.143. The van der Waals surface area contributed by atoms with Crippen LogP contribution in [0, 0.1) is 5.92 Å². The molecule has 0 saturated heterocycles. The predicted molar refractivity (Wildman–Crippen MR) is 59.6 cm³/mol. The molecule has 1 aliphatic rings. The number of allylic oxidation sites excluding steroid dienone is 1. The second kappa shape index (κ2) is 6.22. The number of hydrogen-bond acceptors (Lipinski definition) is 4. The van der Waals surface area contributed by atoms with E-state index in [4.69, 9.17) is 10.5 Å². The van der Waals surface area contributed by atoms with Crippen LogP contribution in [0.15, 0.2) is 17.3 Å². The monoisotopic (exact) mass is 210 g/mol.